The number of carbonyl (C=O) groups excluding carboxylic acids is 2. The molecule has 2 atom stereocenters. The van der Waals surface area contributed by atoms with Gasteiger partial charge in [0.1, 0.15) is 0 Å². The van der Waals surface area contributed by atoms with Crippen molar-refractivity contribution in [2.75, 3.05) is 32.6 Å². The standard InChI is InChI=1S/C19H27N3O4/c1-25-16-10-14(19(24)22-7-3-4-8-22)15(11-17(16)26-2)21-18(23)12-5-6-13(20)9-12/h10-13H,3-9,20H2,1-2H3,(H,21,23). The van der Waals surface area contributed by atoms with Gasteiger partial charge < -0.3 is 25.4 Å². The van der Waals surface area contributed by atoms with E-state index >= 15 is 0 Å². The van der Waals surface area contributed by atoms with Crippen molar-refractivity contribution in [3.05, 3.63) is 17.7 Å². The van der Waals surface area contributed by atoms with Crippen LogP contribution < -0.4 is 20.5 Å². The fourth-order valence-corrected chi connectivity index (χ4v) is 3.74. The zero-order valence-corrected chi connectivity index (χ0v) is 15.4. The molecule has 2 aliphatic rings. The van der Waals surface area contributed by atoms with E-state index in [0.29, 0.717) is 29.2 Å². The molecule has 2 fully saturated rings. The Kier molecular flexibility index (Phi) is 5.66. The SMILES string of the molecule is COc1cc(NC(=O)C2CCC(N)C2)c(C(=O)N2CCCC2)cc1OC. The highest BCUT2D eigenvalue weighted by atomic mass is 16.5. The van der Waals surface area contributed by atoms with E-state index in [9.17, 15) is 9.59 Å². The minimum Gasteiger partial charge on any atom is -0.493 e. The van der Waals surface area contributed by atoms with Crippen LogP contribution in [-0.4, -0.2) is 50.1 Å². The lowest BCUT2D eigenvalue weighted by atomic mass is 10.1. The summed E-state index contributed by atoms with van der Waals surface area (Å²) in [6.07, 6.45) is 4.30. The molecule has 1 aromatic carbocycles. The molecule has 2 unspecified atom stereocenters. The number of ether oxygens (including phenoxy) is 2. The first-order chi connectivity index (χ1) is 12.5. The summed E-state index contributed by atoms with van der Waals surface area (Å²) in [4.78, 5) is 27.4. The molecule has 0 bridgehead atoms. The summed E-state index contributed by atoms with van der Waals surface area (Å²) in [5, 5.41) is 2.93. The van der Waals surface area contributed by atoms with Crippen LogP contribution in [0.2, 0.25) is 0 Å². The van der Waals surface area contributed by atoms with Gasteiger partial charge in [-0.05, 0) is 38.2 Å². The molecular weight excluding hydrogens is 334 g/mol. The van der Waals surface area contributed by atoms with Gasteiger partial charge in [0.15, 0.2) is 11.5 Å². The van der Waals surface area contributed by atoms with Crippen LogP contribution in [0.4, 0.5) is 5.69 Å². The summed E-state index contributed by atoms with van der Waals surface area (Å²) in [5.41, 5.74) is 6.82. The van der Waals surface area contributed by atoms with Crippen LogP contribution >= 0.6 is 0 Å². The van der Waals surface area contributed by atoms with Crippen LogP contribution in [-0.2, 0) is 4.79 Å². The van der Waals surface area contributed by atoms with Gasteiger partial charge in [-0.3, -0.25) is 9.59 Å². The highest BCUT2D eigenvalue weighted by Gasteiger charge is 2.30. The van der Waals surface area contributed by atoms with Crippen molar-refractivity contribution in [1.29, 1.82) is 0 Å². The van der Waals surface area contributed by atoms with E-state index in [4.69, 9.17) is 15.2 Å². The first kappa shape index (κ1) is 18.5. The fraction of sp³-hybridized carbons (Fsp3) is 0.579. The van der Waals surface area contributed by atoms with Crippen molar-refractivity contribution in [3.63, 3.8) is 0 Å². The molecule has 0 radical (unpaired) electrons. The van der Waals surface area contributed by atoms with Gasteiger partial charge in [-0.1, -0.05) is 0 Å². The van der Waals surface area contributed by atoms with E-state index in [1.807, 2.05) is 4.90 Å². The number of nitrogens with two attached hydrogens (primary N) is 1. The van der Waals surface area contributed by atoms with Crippen molar-refractivity contribution in [2.45, 2.75) is 38.1 Å². The zero-order valence-electron chi connectivity index (χ0n) is 15.4. The number of anilines is 1. The van der Waals surface area contributed by atoms with E-state index in [-0.39, 0.29) is 23.8 Å². The number of amides is 2. The maximum absolute atomic E-state index is 12.9. The molecule has 7 nitrogen and oxygen atoms in total. The molecule has 2 amide bonds. The van der Waals surface area contributed by atoms with Crippen molar-refractivity contribution in [2.24, 2.45) is 11.7 Å². The van der Waals surface area contributed by atoms with Crippen LogP contribution in [0.15, 0.2) is 12.1 Å². The van der Waals surface area contributed by atoms with Gasteiger partial charge in [-0.15, -0.1) is 0 Å². The van der Waals surface area contributed by atoms with Crippen LogP contribution in [0, 0.1) is 5.92 Å². The highest BCUT2D eigenvalue weighted by Crippen LogP contribution is 2.35. The van der Waals surface area contributed by atoms with Crippen molar-refractivity contribution in [3.8, 4) is 11.5 Å². The number of benzene rings is 1. The van der Waals surface area contributed by atoms with Crippen molar-refractivity contribution < 1.29 is 19.1 Å². The summed E-state index contributed by atoms with van der Waals surface area (Å²) in [6, 6.07) is 3.38. The Morgan fingerprint density at radius 1 is 1.12 bits per heavy atom. The molecule has 0 aromatic heterocycles. The van der Waals surface area contributed by atoms with Gasteiger partial charge in [-0.25, -0.2) is 0 Å². The molecule has 142 valence electrons. The number of carbonyl (C=O) groups is 2. The molecule has 3 rings (SSSR count). The molecule has 1 saturated carbocycles. The quantitative estimate of drug-likeness (QED) is 0.837. The van der Waals surface area contributed by atoms with Crippen molar-refractivity contribution in [1.82, 2.24) is 4.90 Å². The largest absolute Gasteiger partial charge is 0.493 e. The third-order valence-corrected chi connectivity index (χ3v) is 5.25. The number of methoxy groups -OCH3 is 2. The van der Waals surface area contributed by atoms with Gasteiger partial charge in [0.2, 0.25) is 5.91 Å². The molecule has 3 N–H and O–H groups in total. The number of likely N-dealkylation sites (tertiary alicyclic amines) is 1. The van der Waals surface area contributed by atoms with Crippen LogP contribution in [0.5, 0.6) is 11.5 Å². The van der Waals surface area contributed by atoms with Crippen molar-refractivity contribution >= 4 is 17.5 Å². The van der Waals surface area contributed by atoms with E-state index in [1.54, 1.807) is 12.1 Å². The van der Waals surface area contributed by atoms with Gasteiger partial charge in [-0.2, -0.15) is 0 Å². The summed E-state index contributed by atoms with van der Waals surface area (Å²) in [6.45, 7) is 1.47. The average molecular weight is 361 g/mol. The average Bonchev–Trinajstić information content (AvgIpc) is 3.32. The van der Waals surface area contributed by atoms with Gasteiger partial charge in [0.05, 0.1) is 25.5 Å². The Labute approximate surface area is 153 Å². The highest BCUT2D eigenvalue weighted by molar-refractivity contribution is 6.05. The molecule has 0 spiro atoms. The second kappa shape index (κ2) is 7.95. The van der Waals surface area contributed by atoms with E-state index in [2.05, 4.69) is 5.32 Å². The number of nitrogens with zero attached hydrogens (tertiary/aromatic N) is 1. The fourth-order valence-electron chi connectivity index (χ4n) is 3.74. The van der Waals surface area contributed by atoms with Gasteiger partial charge in [0, 0.05) is 31.1 Å². The molecule has 26 heavy (non-hydrogen) atoms. The Hall–Kier alpha value is -2.28. The predicted octanol–water partition coefficient (Wildman–Crippen LogP) is 2.01. The lowest BCUT2D eigenvalue weighted by Gasteiger charge is -2.21. The zero-order chi connectivity index (χ0) is 18.7. The normalized spacial score (nSPS) is 22.3. The second-order valence-corrected chi connectivity index (χ2v) is 7.01. The topological polar surface area (TPSA) is 93.9 Å². The molecule has 1 aliphatic carbocycles. The minimum atomic E-state index is -0.118. The number of nitrogens with one attached hydrogen (secondary N) is 1. The lowest BCUT2D eigenvalue weighted by molar-refractivity contribution is -0.119. The van der Waals surface area contributed by atoms with E-state index in [0.717, 1.165) is 38.8 Å². The summed E-state index contributed by atoms with van der Waals surface area (Å²) < 4.78 is 10.7. The van der Waals surface area contributed by atoms with Gasteiger partial charge in [0.25, 0.3) is 5.91 Å². The number of rotatable bonds is 5. The lowest BCUT2D eigenvalue weighted by Crippen LogP contribution is -2.30. The minimum absolute atomic E-state index is 0.0712. The van der Waals surface area contributed by atoms with Crippen LogP contribution in [0.1, 0.15) is 42.5 Å². The maximum atomic E-state index is 12.9. The number of hydrogen-bond acceptors (Lipinski definition) is 5. The monoisotopic (exact) mass is 361 g/mol. The predicted molar refractivity (Wildman–Crippen MR) is 98.6 cm³/mol. The molecule has 1 saturated heterocycles. The third kappa shape index (κ3) is 3.77. The smallest absolute Gasteiger partial charge is 0.256 e. The molecule has 1 heterocycles. The Balaban J connectivity index is 1.90. The van der Waals surface area contributed by atoms with Crippen LogP contribution in [0.3, 0.4) is 0 Å². The first-order valence-corrected chi connectivity index (χ1v) is 9.15. The summed E-state index contributed by atoms with van der Waals surface area (Å²) >= 11 is 0. The molecule has 1 aliphatic heterocycles. The van der Waals surface area contributed by atoms with E-state index < -0.39 is 0 Å². The van der Waals surface area contributed by atoms with E-state index in [1.165, 1.54) is 14.2 Å². The Morgan fingerprint density at radius 2 is 1.77 bits per heavy atom. The van der Waals surface area contributed by atoms with Crippen LogP contribution in [0.25, 0.3) is 0 Å². The second-order valence-electron chi connectivity index (χ2n) is 7.01. The number of hydrogen-bond donors (Lipinski definition) is 2. The molecule has 1 aromatic rings. The summed E-state index contributed by atoms with van der Waals surface area (Å²) in [7, 11) is 3.06. The molecular formula is C19H27N3O4. The Bertz CT molecular complexity index is 686. The third-order valence-electron chi connectivity index (χ3n) is 5.25. The summed E-state index contributed by atoms with van der Waals surface area (Å²) in [5.74, 6) is 0.634. The van der Waals surface area contributed by atoms with Gasteiger partial charge >= 0.3 is 0 Å². The molecule has 7 heteroatoms. The maximum Gasteiger partial charge on any atom is 0.256 e. The Morgan fingerprint density at radius 3 is 2.35 bits per heavy atom. The first-order valence-electron chi connectivity index (χ1n) is 9.15.